The molecule has 0 saturated heterocycles. The number of alkyl halides is 1. The van der Waals surface area contributed by atoms with Crippen molar-refractivity contribution in [2.75, 3.05) is 16.4 Å². The number of nitrogens with zero attached hydrogens (tertiary/aromatic N) is 1. The Balaban J connectivity index is 2.23. The van der Waals surface area contributed by atoms with Crippen molar-refractivity contribution in [2.24, 2.45) is 5.92 Å². The quantitative estimate of drug-likeness (QED) is 0.822. The largest absolute Gasteiger partial charge is 0.440 e. The lowest BCUT2D eigenvalue weighted by Gasteiger charge is -2.10. The van der Waals surface area contributed by atoms with Crippen molar-refractivity contribution in [2.45, 2.75) is 26.7 Å². The van der Waals surface area contributed by atoms with Gasteiger partial charge in [0.15, 0.2) is 11.5 Å². The molecular formula is C14H19ClN2O3S. The first-order valence-electron chi connectivity index (χ1n) is 6.77. The van der Waals surface area contributed by atoms with E-state index in [0.717, 1.165) is 0 Å². The van der Waals surface area contributed by atoms with Gasteiger partial charge in [-0.2, -0.15) is 0 Å². The minimum atomic E-state index is -3.42. The highest BCUT2D eigenvalue weighted by Gasteiger charge is 2.16. The topological polar surface area (TPSA) is 72.2 Å². The van der Waals surface area contributed by atoms with Crippen molar-refractivity contribution >= 4 is 38.4 Å². The van der Waals surface area contributed by atoms with Crippen molar-refractivity contribution in [3.05, 3.63) is 24.1 Å². The van der Waals surface area contributed by atoms with Gasteiger partial charge < -0.3 is 4.42 Å². The first-order chi connectivity index (χ1) is 9.80. The molecule has 1 heterocycles. The normalized spacial score (nSPS) is 13.8. The molecule has 21 heavy (non-hydrogen) atoms. The molecule has 2 rings (SSSR count). The minimum Gasteiger partial charge on any atom is -0.440 e. The lowest BCUT2D eigenvalue weighted by atomic mass is 10.2. The van der Waals surface area contributed by atoms with Crippen molar-refractivity contribution in [3.63, 3.8) is 0 Å². The Morgan fingerprint density at radius 2 is 2.05 bits per heavy atom. The van der Waals surface area contributed by atoms with Crippen LogP contribution in [0.3, 0.4) is 0 Å². The van der Waals surface area contributed by atoms with Gasteiger partial charge >= 0.3 is 0 Å². The van der Waals surface area contributed by atoms with E-state index in [9.17, 15) is 8.42 Å². The average Bonchev–Trinajstić information content (AvgIpc) is 2.80. The van der Waals surface area contributed by atoms with Crippen LogP contribution >= 0.6 is 11.6 Å². The number of nitrogens with one attached hydrogen (secondary N) is 1. The molecule has 0 radical (unpaired) electrons. The van der Waals surface area contributed by atoms with Gasteiger partial charge in [0.2, 0.25) is 10.0 Å². The number of anilines is 1. The number of halogens is 1. The summed E-state index contributed by atoms with van der Waals surface area (Å²) in [5, 5.41) is 0. The lowest BCUT2D eigenvalue weighted by molar-refractivity contribution is 0.501. The predicted molar refractivity (Wildman–Crippen MR) is 85.4 cm³/mol. The highest BCUT2D eigenvalue weighted by atomic mass is 35.5. The monoisotopic (exact) mass is 330 g/mol. The van der Waals surface area contributed by atoms with E-state index in [0.29, 0.717) is 28.6 Å². The number of hydrogen-bond acceptors (Lipinski definition) is 4. The van der Waals surface area contributed by atoms with E-state index in [2.05, 4.69) is 9.71 Å². The summed E-state index contributed by atoms with van der Waals surface area (Å²) < 4.78 is 32.1. The van der Waals surface area contributed by atoms with E-state index >= 15 is 0 Å². The fraction of sp³-hybridized carbons (Fsp3) is 0.500. The van der Waals surface area contributed by atoms with Gasteiger partial charge in [0.05, 0.1) is 11.4 Å². The van der Waals surface area contributed by atoms with E-state index < -0.39 is 10.0 Å². The molecule has 0 aliphatic rings. The smallest absolute Gasteiger partial charge is 0.233 e. The van der Waals surface area contributed by atoms with Crippen LogP contribution in [0.5, 0.6) is 0 Å². The van der Waals surface area contributed by atoms with Crippen LogP contribution in [0.25, 0.3) is 11.1 Å². The van der Waals surface area contributed by atoms with Gasteiger partial charge in [0, 0.05) is 11.8 Å². The Morgan fingerprint density at radius 1 is 1.33 bits per heavy atom. The van der Waals surface area contributed by atoms with Gasteiger partial charge in [-0.25, -0.2) is 13.4 Å². The van der Waals surface area contributed by atoms with Gasteiger partial charge in [0.25, 0.3) is 0 Å². The Labute approximate surface area is 129 Å². The molecule has 7 heteroatoms. The van der Waals surface area contributed by atoms with Gasteiger partial charge in [-0.05, 0) is 24.1 Å². The summed E-state index contributed by atoms with van der Waals surface area (Å²) in [5.74, 6) is 1.02. The molecule has 0 fully saturated rings. The van der Waals surface area contributed by atoms with Crippen molar-refractivity contribution < 1.29 is 12.8 Å². The second kappa shape index (κ2) is 6.23. The zero-order valence-electron chi connectivity index (χ0n) is 12.3. The summed E-state index contributed by atoms with van der Waals surface area (Å²) in [7, 11) is -3.42. The van der Waals surface area contributed by atoms with Crippen molar-refractivity contribution in [3.8, 4) is 0 Å². The zero-order valence-corrected chi connectivity index (χ0v) is 13.8. The number of benzene rings is 1. The van der Waals surface area contributed by atoms with Gasteiger partial charge in [0.1, 0.15) is 5.52 Å². The third-order valence-corrected chi connectivity index (χ3v) is 5.02. The predicted octanol–water partition coefficient (Wildman–Crippen LogP) is 3.57. The molecule has 1 N–H and O–H groups in total. The van der Waals surface area contributed by atoms with E-state index in [1.807, 2.05) is 13.8 Å². The molecule has 1 aromatic carbocycles. The highest BCUT2D eigenvalue weighted by molar-refractivity contribution is 7.92. The van der Waals surface area contributed by atoms with Crippen LogP contribution in [0.4, 0.5) is 5.69 Å². The molecule has 1 atom stereocenters. The van der Waals surface area contributed by atoms with Crippen molar-refractivity contribution in [1.82, 2.24) is 4.98 Å². The SMILES string of the molecule is CC(CCl)CS(=O)(=O)Nc1ccc2oc(C(C)C)nc2c1. The number of rotatable bonds is 6. The average molecular weight is 331 g/mol. The van der Waals surface area contributed by atoms with E-state index in [1.165, 1.54) is 0 Å². The second-order valence-electron chi connectivity index (χ2n) is 5.53. The second-order valence-corrected chi connectivity index (χ2v) is 7.61. The molecule has 1 aromatic heterocycles. The third kappa shape index (κ3) is 4.11. The first kappa shape index (κ1) is 16.1. The number of fused-ring (bicyclic) bond motifs is 1. The van der Waals surface area contributed by atoms with E-state index in [1.54, 1.807) is 25.1 Å². The Kier molecular flexibility index (Phi) is 4.78. The zero-order chi connectivity index (χ0) is 15.6. The molecule has 0 bridgehead atoms. The highest BCUT2D eigenvalue weighted by Crippen LogP contribution is 2.24. The molecule has 0 amide bonds. The molecule has 0 spiro atoms. The fourth-order valence-electron chi connectivity index (χ4n) is 1.90. The van der Waals surface area contributed by atoms with Crippen LogP contribution in [0.2, 0.25) is 0 Å². The third-order valence-electron chi connectivity index (χ3n) is 2.94. The van der Waals surface area contributed by atoms with Crippen LogP contribution in [-0.4, -0.2) is 25.0 Å². The summed E-state index contributed by atoms with van der Waals surface area (Å²) in [6, 6.07) is 5.06. The summed E-state index contributed by atoms with van der Waals surface area (Å²) in [6.45, 7) is 5.77. The number of oxazole rings is 1. The number of sulfonamides is 1. The summed E-state index contributed by atoms with van der Waals surface area (Å²) in [6.07, 6.45) is 0. The van der Waals surface area contributed by atoms with E-state index in [4.69, 9.17) is 16.0 Å². The molecule has 0 aliphatic heterocycles. The van der Waals surface area contributed by atoms with Crippen LogP contribution < -0.4 is 4.72 Å². The summed E-state index contributed by atoms with van der Waals surface area (Å²) >= 11 is 5.66. The molecule has 0 aliphatic carbocycles. The molecule has 1 unspecified atom stereocenters. The fourth-order valence-corrected chi connectivity index (χ4v) is 3.57. The van der Waals surface area contributed by atoms with E-state index in [-0.39, 0.29) is 17.6 Å². The molecule has 0 saturated carbocycles. The molecule has 116 valence electrons. The van der Waals surface area contributed by atoms with Gasteiger partial charge in [-0.1, -0.05) is 20.8 Å². The maximum Gasteiger partial charge on any atom is 0.233 e. The van der Waals surface area contributed by atoms with Crippen LogP contribution in [0, 0.1) is 5.92 Å². The molecule has 2 aromatic rings. The van der Waals surface area contributed by atoms with Gasteiger partial charge in [-0.3, -0.25) is 4.72 Å². The summed E-state index contributed by atoms with van der Waals surface area (Å²) in [5.41, 5.74) is 1.77. The lowest BCUT2D eigenvalue weighted by Crippen LogP contribution is -2.22. The maximum atomic E-state index is 12.0. The summed E-state index contributed by atoms with van der Waals surface area (Å²) in [4.78, 5) is 4.36. The Bertz CT molecular complexity index is 725. The first-order valence-corrected chi connectivity index (χ1v) is 8.96. The Morgan fingerprint density at radius 3 is 2.67 bits per heavy atom. The number of hydrogen-bond donors (Lipinski definition) is 1. The van der Waals surface area contributed by atoms with Crippen LogP contribution in [0.15, 0.2) is 22.6 Å². The van der Waals surface area contributed by atoms with Crippen LogP contribution in [-0.2, 0) is 10.0 Å². The molecule has 5 nitrogen and oxygen atoms in total. The van der Waals surface area contributed by atoms with Crippen molar-refractivity contribution in [1.29, 1.82) is 0 Å². The standard InChI is InChI=1S/C14H19ClN2O3S/c1-9(2)14-16-12-6-11(4-5-13(12)20-14)17-21(18,19)8-10(3)7-15/h4-6,9-10,17H,7-8H2,1-3H3. The Hall–Kier alpha value is -1.27. The van der Waals surface area contributed by atoms with Gasteiger partial charge in [-0.15, -0.1) is 11.6 Å². The maximum absolute atomic E-state index is 12.0. The minimum absolute atomic E-state index is 0.00933. The number of aromatic nitrogens is 1. The molecular weight excluding hydrogens is 312 g/mol. The van der Waals surface area contributed by atoms with Crippen LogP contribution in [0.1, 0.15) is 32.6 Å².